The highest BCUT2D eigenvalue weighted by atomic mass is 16.6. The van der Waals surface area contributed by atoms with Gasteiger partial charge in [-0.25, -0.2) is 0 Å². The number of nitrogen functional groups attached to an aromatic ring is 4. The second-order valence-electron chi connectivity index (χ2n) is 5.70. The van der Waals surface area contributed by atoms with Gasteiger partial charge in [-0.3, -0.25) is 0 Å². The minimum absolute atomic E-state index is 0.0275. The van der Waals surface area contributed by atoms with E-state index in [4.69, 9.17) is 42.3 Å². The van der Waals surface area contributed by atoms with Crippen LogP contribution in [0.1, 0.15) is 11.7 Å². The van der Waals surface area contributed by atoms with Gasteiger partial charge in [0.1, 0.15) is 11.9 Å². The smallest absolute Gasteiger partial charge is 0.149 e. The number of hydrogen-bond acceptors (Lipinski definition) is 8. The van der Waals surface area contributed by atoms with E-state index >= 15 is 0 Å². The van der Waals surface area contributed by atoms with Gasteiger partial charge >= 0.3 is 0 Å². The Hall–Kier alpha value is -2.68. The minimum Gasteiger partial charge on any atom is -0.481 e. The number of ether oxygens (including phenoxy) is 3. The third-order valence-corrected chi connectivity index (χ3v) is 3.64. The summed E-state index contributed by atoms with van der Waals surface area (Å²) in [7, 11) is 0. The molecule has 8 nitrogen and oxygen atoms in total. The molecule has 0 bridgehead atoms. The van der Waals surface area contributed by atoms with Crippen LogP contribution in [-0.4, -0.2) is 38.1 Å². The normalized spacial score (nSPS) is 12.0. The Morgan fingerprint density at radius 1 is 0.808 bits per heavy atom. The molecule has 26 heavy (non-hydrogen) atoms. The maximum Gasteiger partial charge on any atom is 0.149 e. The van der Waals surface area contributed by atoms with Crippen LogP contribution in [0.3, 0.4) is 0 Å². The first-order valence-corrected chi connectivity index (χ1v) is 8.24. The number of anilines is 4. The van der Waals surface area contributed by atoms with Gasteiger partial charge in [-0.05, 0) is 30.3 Å². The summed E-state index contributed by atoms with van der Waals surface area (Å²) in [4.78, 5) is 0. The topological polar surface area (TPSA) is 152 Å². The second kappa shape index (κ2) is 9.71. The first-order valence-electron chi connectivity index (χ1n) is 8.24. The molecule has 0 aliphatic heterocycles. The fourth-order valence-electron chi connectivity index (χ4n) is 2.34. The Morgan fingerprint density at radius 2 is 1.46 bits per heavy atom. The van der Waals surface area contributed by atoms with Crippen molar-refractivity contribution in [3.8, 4) is 5.75 Å². The van der Waals surface area contributed by atoms with E-state index in [-0.39, 0.29) is 19.8 Å². The lowest BCUT2D eigenvalue weighted by atomic mass is 10.1. The van der Waals surface area contributed by atoms with Crippen molar-refractivity contribution < 1.29 is 19.3 Å². The van der Waals surface area contributed by atoms with Crippen molar-refractivity contribution in [2.45, 2.75) is 6.10 Å². The van der Waals surface area contributed by atoms with Crippen molar-refractivity contribution in [3.05, 3.63) is 42.0 Å². The van der Waals surface area contributed by atoms with Crippen LogP contribution in [0.25, 0.3) is 0 Å². The van der Waals surface area contributed by atoms with Gasteiger partial charge in [0.05, 0.1) is 38.7 Å². The van der Waals surface area contributed by atoms with Crippen molar-refractivity contribution in [2.24, 2.45) is 0 Å². The second-order valence-corrected chi connectivity index (χ2v) is 5.70. The third-order valence-electron chi connectivity index (χ3n) is 3.64. The number of benzene rings is 2. The molecular formula is C18H26N4O4. The number of rotatable bonds is 10. The van der Waals surface area contributed by atoms with Gasteiger partial charge in [0, 0.05) is 28.7 Å². The molecule has 142 valence electrons. The SMILES string of the molecule is Nc1ccc(N)c(OC(COCCOCCO)c2cc(N)ccc2N)c1. The van der Waals surface area contributed by atoms with Crippen molar-refractivity contribution >= 4 is 22.7 Å². The van der Waals surface area contributed by atoms with Gasteiger partial charge in [-0.1, -0.05) is 0 Å². The van der Waals surface area contributed by atoms with Crippen molar-refractivity contribution in [2.75, 3.05) is 56.0 Å². The van der Waals surface area contributed by atoms with E-state index in [0.717, 1.165) is 0 Å². The van der Waals surface area contributed by atoms with Crippen molar-refractivity contribution in [3.63, 3.8) is 0 Å². The van der Waals surface area contributed by atoms with Crippen LogP contribution < -0.4 is 27.7 Å². The average Bonchev–Trinajstić information content (AvgIpc) is 2.62. The van der Waals surface area contributed by atoms with E-state index in [1.165, 1.54) is 0 Å². The summed E-state index contributed by atoms with van der Waals surface area (Å²) in [5.41, 5.74) is 26.5. The molecule has 0 spiro atoms. The molecule has 8 heteroatoms. The summed E-state index contributed by atoms with van der Waals surface area (Å²) in [6.07, 6.45) is -0.527. The molecule has 1 unspecified atom stereocenters. The molecule has 2 rings (SSSR count). The fourth-order valence-corrected chi connectivity index (χ4v) is 2.34. The molecule has 0 radical (unpaired) electrons. The highest BCUT2D eigenvalue weighted by Gasteiger charge is 2.19. The summed E-state index contributed by atoms with van der Waals surface area (Å²) >= 11 is 0. The number of aliphatic hydroxyl groups excluding tert-OH is 1. The van der Waals surface area contributed by atoms with Crippen molar-refractivity contribution in [1.82, 2.24) is 0 Å². The standard InChI is InChI=1S/C18H26N4O4/c19-12-1-3-15(21)14(9-12)18(11-25-8-7-24-6-5-23)26-17-10-13(20)2-4-16(17)22/h1-4,9-10,18,23H,5-8,11,19-22H2. The van der Waals surface area contributed by atoms with Gasteiger partial charge in [0.25, 0.3) is 0 Å². The molecule has 0 saturated carbocycles. The molecule has 0 amide bonds. The van der Waals surface area contributed by atoms with Crippen LogP contribution in [0.5, 0.6) is 5.75 Å². The van der Waals surface area contributed by atoms with Crippen LogP contribution in [0, 0.1) is 0 Å². The van der Waals surface area contributed by atoms with Gasteiger partial charge in [0.15, 0.2) is 0 Å². The highest BCUT2D eigenvalue weighted by Crippen LogP contribution is 2.32. The molecule has 0 saturated heterocycles. The maximum atomic E-state index is 8.70. The summed E-state index contributed by atoms with van der Waals surface area (Å²) in [5, 5.41) is 8.70. The molecule has 1 atom stereocenters. The molecule has 0 aromatic heterocycles. The Balaban J connectivity index is 2.13. The first-order chi connectivity index (χ1) is 12.5. The summed E-state index contributed by atoms with van der Waals surface area (Å²) in [5.74, 6) is 0.442. The zero-order valence-corrected chi connectivity index (χ0v) is 14.6. The molecule has 0 fully saturated rings. The fraction of sp³-hybridized carbons (Fsp3) is 0.333. The lowest BCUT2D eigenvalue weighted by Gasteiger charge is -2.22. The van der Waals surface area contributed by atoms with Crippen molar-refractivity contribution in [1.29, 1.82) is 0 Å². The lowest BCUT2D eigenvalue weighted by Crippen LogP contribution is -2.19. The summed E-state index contributed by atoms with van der Waals surface area (Å²) in [6, 6.07) is 10.2. The molecule has 0 heterocycles. The first kappa shape index (κ1) is 19.6. The predicted molar refractivity (Wildman–Crippen MR) is 103 cm³/mol. The van der Waals surface area contributed by atoms with E-state index in [1.807, 2.05) is 0 Å². The third kappa shape index (κ3) is 5.69. The maximum absolute atomic E-state index is 8.70. The lowest BCUT2D eigenvalue weighted by molar-refractivity contribution is 0.00445. The van der Waals surface area contributed by atoms with Crippen LogP contribution in [-0.2, 0) is 9.47 Å². The number of nitrogens with two attached hydrogens (primary N) is 4. The monoisotopic (exact) mass is 362 g/mol. The predicted octanol–water partition coefficient (Wildman–Crippen LogP) is 1.16. The molecule has 2 aromatic carbocycles. The zero-order valence-electron chi connectivity index (χ0n) is 14.6. The molecule has 2 aromatic rings. The quantitative estimate of drug-likeness (QED) is 0.312. The van der Waals surface area contributed by atoms with Gasteiger partial charge in [0.2, 0.25) is 0 Å². The number of aliphatic hydroxyl groups is 1. The van der Waals surface area contributed by atoms with Crippen LogP contribution in [0.2, 0.25) is 0 Å². The van der Waals surface area contributed by atoms with E-state index in [9.17, 15) is 0 Å². The van der Waals surface area contributed by atoms with Crippen LogP contribution in [0.4, 0.5) is 22.7 Å². The Bertz CT molecular complexity index is 712. The Morgan fingerprint density at radius 3 is 2.19 bits per heavy atom. The Kier molecular flexibility index (Phi) is 7.34. The largest absolute Gasteiger partial charge is 0.481 e. The molecule has 0 aliphatic rings. The highest BCUT2D eigenvalue weighted by molar-refractivity contribution is 5.61. The van der Waals surface area contributed by atoms with Crippen LogP contribution >= 0.6 is 0 Å². The number of hydrogen-bond donors (Lipinski definition) is 5. The summed E-state index contributed by atoms with van der Waals surface area (Å²) in [6.45, 7) is 1.16. The molecular weight excluding hydrogens is 336 g/mol. The summed E-state index contributed by atoms with van der Waals surface area (Å²) < 4.78 is 16.8. The Labute approximate surface area is 152 Å². The van der Waals surface area contributed by atoms with Gasteiger partial charge in [-0.2, -0.15) is 0 Å². The van der Waals surface area contributed by atoms with E-state index in [1.54, 1.807) is 36.4 Å². The van der Waals surface area contributed by atoms with E-state index in [0.29, 0.717) is 47.3 Å². The van der Waals surface area contributed by atoms with Gasteiger partial charge < -0.3 is 42.3 Å². The zero-order chi connectivity index (χ0) is 18.9. The van der Waals surface area contributed by atoms with Gasteiger partial charge in [-0.15, -0.1) is 0 Å². The average molecular weight is 362 g/mol. The molecule has 9 N–H and O–H groups in total. The van der Waals surface area contributed by atoms with Crippen LogP contribution in [0.15, 0.2) is 36.4 Å². The van der Waals surface area contributed by atoms with E-state index < -0.39 is 6.10 Å². The minimum atomic E-state index is -0.527. The molecule has 0 aliphatic carbocycles. The van der Waals surface area contributed by atoms with E-state index in [2.05, 4.69) is 0 Å².